The number of carbonyl (C=O) groups excluding carboxylic acids is 2. The van der Waals surface area contributed by atoms with Crippen LogP contribution >= 0.6 is 0 Å². The fourth-order valence-corrected chi connectivity index (χ4v) is 1.86. The van der Waals surface area contributed by atoms with Gasteiger partial charge in [-0.15, -0.1) is 0 Å². The maximum Gasteiger partial charge on any atom is 0.337 e. The minimum Gasteiger partial charge on any atom is -0.465 e. The Bertz CT molecular complexity index is 696. The van der Waals surface area contributed by atoms with E-state index in [4.69, 9.17) is 5.73 Å². The number of anilines is 2. The zero-order valence-electron chi connectivity index (χ0n) is 11.8. The number of nitrogens with one attached hydrogen (secondary N) is 1. The lowest BCUT2D eigenvalue weighted by molar-refractivity contribution is 0.0600. The van der Waals surface area contributed by atoms with E-state index >= 15 is 0 Å². The van der Waals surface area contributed by atoms with Crippen LogP contribution in [0, 0.1) is 6.92 Å². The molecule has 0 aliphatic carbocycles. The van der Waals surface area contributed by atoms with Crippen LogP contribution in [-0.2, 0) is 4.74 Å². The van der Waals surface area contributed by atoms with Crippen LogP contribution in [0.25, 0.3) is 0 Å². The van der Waals surface area contributed by atoms with Crippen molar-refractivity contribution in [1.82, 2.24) is 0 Å². The maximum absolute atomic E-state index is 12.2. The number of nitrogens with two attached hydrogens (primary N) is 1. The molecule has 0 aliphatic rings. The highest BCUT2D eigenvalue weighted by Crippen LogP contribution is 2.16. The van der Waals surface area contributed by atoms with E-state index in [1.165, 1.54) is 7.11 Å². The van der Waals surface area contributed by atoms with Gasteiger partial charge in [0.2, 0.25) is 0 Å². The molecule has 1 amide bonds. The van der Waals surface area contributed by atoms with Crippen LogP contribution in [0.4, 0.5) is 11.4 Å². The third-order valence-electron chi connectivity index (χ3n) is 3.07. The molecule has 0 saturated carbocycles. The van der Waals surface area contributed by atoms with Crippen molar-refractivity contribution in [3.8, 4) is 0 Å². The standard InChI is InChI=1S/C16H16N2O3/c1-10-8-11(6-7-14(10)17)15(19)18-13-5-3-4-12(9-13)16(20)21-2/h3-9H,17H2,1-2H3,(H,18,19). The molecule has 5 heteroatoms. The first kappa shape index (κ1) is 14.6. The Morgan fingerprint density at radius 3 is 2.52 bits per heavy atom. The number of amides is 1. The van der Waals surface area contributed by atoms with E-state index in [9.17, 15) is 9.59 Å². The van der Waals surface area contributed by atoms with Gasteiger partial charge in [-0.1, -0.05) is 6.07 Å². The molecular weight excluding hydrogens is 268 g/mol. The van der Waals surface area contributed by atoms with Crippen LogP contribution < -0.4 is 11.1 Å². The normalized spacial score (nSPS) is 10.0. The summed E-state index contributed by atoms with van der Waals surface area (Å²) < 4.78 is 4.64. The number of carbonyl (C=O) groups is 2. The maximum atomic E-state index is 12.2. The molecule has 0 radical (unpaired) electrons. The summed E-state index contributed by atoms with van der Waals surface area (Å²) in [6.45, 7) is 1.84. The summed E-state index contributed by atoms with van der Waals surface area (Å²) >= 11 is 0. The van der Waals surface area contributed by atoms with Gasteiger partial charge in [-0.3, -0.25) is 4.79 Å². The number of benzene rings is 2. The summed E-state index contributed by atoms with van der Waals surface area (Å²) in [7, 11) is 1.31. The molecule has 0 atom stereocenters. The van der Waals surface area contributed by atoms with Gasteiger partial charge in [0, 0.05) is 16.9 Å². The monoisotopic (exact) mass is 284 g/mol. The van der Waals surface area contributed by atoms with Crippen LogP contribution in [0.2, 0.25) is 0 Å². The largest absolute Gasteiger partial charge is 0.465 e. The average Bonchev–Trinajstić information content (AvgIpc) is 2.49. The van der Waals surface area contributed by atoms with Gasteiger partial charge in [0.25, 0.3) is 5.91 Å². The number of rotatable bonds is 3. The molecule has 21 heavy (non-hydrogen) atoms. The van der Waals surface area contributed by atoms with Crippen molar-refractivity contribution in [3.63, 3.8) is 0 Å². The van der Waals surface area contributed by atoms with Crippen molar-refractivity contribution >= 4 is 23.3 Å². The molecule has 0 aromatic heterocycles. The van der Waals surface area contributed by atoms with Crippen LogP contribution in [-0.4, -0.2) is 19.0 Å². The third kappa shape index (κ3) is 3.39. The second-order valence-corrected chi connectivity index (χ2v) is 4.60. The van der Waals surface area contributed by atoms with Crippen molar-refractivity contribution in [2.45, 2.75) is 6.92 Å². The van der Waals surface area contributed by atoms with Crippen LogP contribution in [0.15, 0.2) is 42.5 Å². The van der Waals surface area contributed by atoms with Gasteiger partial charge < -0.3 is 15.8 Å². The van der Waals surface area contributed by atoms with E-state index in [2.05, 4.69) is 10.1 Å². The number of hydrogen-bond donors (Lipinski definition) is 2. The third-order valence-corrected chi connectivity index (χ3v) is 3.07. The summed E-state index contributed by atoms with van der Waals surface area (Å²) in [5.41, 5.74) is 8.61. The molecule has 3 N–H and O–H groups in total. The summed E-state index contributed by atoms with van der Waals surface area (Å²) in [5.74, 6) is -0.713. The highest BCUT2D eigenvalue weighted by Gasteiger charge is 2.10. The average molecular weight is 284 g/mol. The molecule has 0 bridgehead atoms. The zero-order chi connectivity index (χ0) is 15.4. The molecule has 108 valence electrons. The van der Waals surface area contributed by atoms with E-state index in [1.807, 2.05) is 6.92 Å². The molecule has 0 unspecified atom stereocenters. The topological polar surface area (TPSA) is 81.4 Å². The number of esters is 1. The Kier molecular flexibility index (Phi) is 4.23. The lowest BCUT2D eigenvalue weighted by Crippen LogP contribution is -2.13. The minimum atomic E-state index is -0.450. The van der Waals surface area contributed by atoms with Crippen LogP contribution in [0.5, 0.6) is 0 Å². The second kappa shape index (κ2) is 6.09. The van der Waals surface area contributed by atoms with Gasteiger partial charge in [0.1, 0.15) is 0 Å². The fraction of sp³-hybridized carbons (Fsp3) is 0.125. The Hall–Kier alpha value is -2.82. The highest BCUT2D eigenvalue weighted by molar-refractivity contribution is 6.05. The number of nitrogen functional groups attached to an aromatic ring is 1. The zero-order valence-corrected chi connectivity index (χ0v) is 11.8. The Morgan fingerprint density at radius 1 is 1.10 bits per heavy atom. The van der Waals surface area contributed by atoms with Crippen molar-refractivity contribution < 1.29 is 14.3 Å². The SMILES string of the molecule is COC(=O)c1cccc(NC(=O)c2ccc(N)c(C)c2)c1. The lowest BCUT2D eigenvalue weighted by atomic mass is 10.1. The number of hydrogen-bond acceptors (Lipinski definition) is 4. The number of aryl methyl sites for hydroxylation is 1. The van der Waals surface area contributed by atoms with Gasteiger partial charge in [0.15, 0.2) is 0 Å². The van der Waals surface area contributed by atoms with Crippen LogP contribution in [0.3, 0.4) is 0 Å². The summed E-state index contributed by atoms with van der Waals surface area (Å²) in [5, 5.41) is 2.74. The molecule has 2 aromatic carbocycles. The second-order valence-electron chi connectivity index (χ2n) is 4.60. The lowest BCUT2D eigenvalue weighted by Gasteiger charge is -2.08. The van der Waals surface area contributed by atoms with E-state index in [-0.39, 0.29) is 5.91 Å². The predicted octanol–water partition coefficient (Wildman–Crippen LogP) is 2.62. The molecule has 5 nitrogen and oxygen atoms in total. The Labute approximate surface area is 122 Å². The van der Waals surface area contributed by atoms with Crippen molar-refractivity contribution in [1.29, 1.82) is 0 Å². The van der Waals surface area contributed by atoms with Crippen LogP contribution in [0.1, 0.15) is 26.3 Å². The Morgan fingerprint density at radius 2 is 1.86 bits per heavy atom. The van der Waals surface area contributed by atoms with Crippen molar-refractivity contribution in [3.05, 3.63) is 59.2 Å². The molecule has 0 spiro atoms. The molecular formula is C16H16N2O3. The van der Waals surface area contributed by atoms with E-state index in [0.29, 0.717) is 22.5 Å². The highest BCUT2D eigenvalue weighted by atomic mass is 16.5. The predicted molar refractivity (Wildman–Crippen MR) is 81.3 cm³/mol. The van der Waals surface area contributed by atoms with Gasteiger partial charge in [-0.2, -0.15) is 0 Å². The number of methoxy groups -OCH3 is 1. The first-order valence-electron chi connectivity index (χ1n) is 6.37. The van der Waals surface area contributed by atoms with Gasteiger partial charge in [0.05, 0.1) is 12.7 Å². The first-order valence-corrected chi connectivity index (χ1v) is 6.37. The Balaban J connectivity index is 2.19. The van der Waals surface area contributed by atoms with E-state index in [1.54, 1.807) is 42.5 Å². The molecule has 0 fully saturated rings. The quantitative estimate of drug-likeness (QED) is 0.670. The summed E-state index contributed by atoms with van der Waals surface area (Å²) in [6, 6.07) is 11.6. The molecule has 2 rings (SSSR count). The first-order chi connectivity index (χ1) is 10.0. The molecule has 2 aromatic rings. The van der Waals surface area contributed by atoms with Gasteiger partial charge in [-0.05, 0) is 48.9 Å². The fourth-order valence-electron chi connectivity index (χ4n) is 1.86. The van der Waals surface area contributed by atoms with Gasteiger partial charge >= 0.3 is 5.97 Å². The minimum absolute atomic E-state index is 0.264. The number of ether oxygens (including phenoxy) is 1. The molecule has 0 heterocycles. The smallest absolute Gasteiger partial charge is 0.337 e. The molecule has 0 aliphatic heterocycles. The van der Waals surface area contributed by atoms with Gasteiger partial charge in [-0.25, -0.2) is 4.79 Å². The van der Waals surface area contributed by atoms with Crippen molar-refractivity contribution in [2.24, 2.45) is 0 Å². The molecule has 0 saturated heterocycles. The van der Waals surface area contributed by atoms with E-state index < -0.39 is 5.97 Å². The van der Waals surface area contributed by atoms with E-state index in [0.717, 1.165) is 5.56 Å². The van der Waals surface area contributed by atoms with Crippen molar-refractivity contribution in [2.75, 3.05) is 18.2 Å². The summed E-state index contributed by atoms with van der Waals surface area (Å²) in [4.78, 5) is 23.6. The summed E-state index contributed by atoms with van der Waals surface area (Å²) in [6.07, 6.45) is 0.